The van der Waals surface area contributed by atoms with Crippen molar-refractivity contribution in [2.24, 2.45) is 0 Å². The molecule has 41 heavy (non-hydrogen) atoms. The summed E-state index contributed by atoms with van der Waals surface area (Å²) in [5.41, 5.74) is 4.86. The second-order valence-corrected chi connectivity index (χ2v) is 11.6. The fourth-order valence-electron chi connectivity index (χ4n) is 4.95. The highest BCUT2D eigenvalue weighted by Crippen LogP contribution is 2.42. The van der Waals surface area contributed by atoms with E-state index in [-0.39, 0.29) is 0 Å². The van der Waals surface area contributed by atoms with Crippen LogP contribution in [0.5, 0.6) is 5.75 Å². The number of nitrogens with zero attached hydrogens (tertiary/aromatic N) is 5. The van der Waals surface area contributed by atoms with Gasteiger partial charge in [0.1, 0.15) is 17.6 Å². The van der Waals surface area contributed by atoms with Gasteiger partial charge in [-0.3, -0.25) is 9.88 Å². The van der Waals surface area contributed by atoms with Gasteiger partial charge in [0.25, 0.3) is 0 Å². The molecule has 1 aliphatic rings. The molecule has 0 amide bonds. The summed E-state index contributed by atoms with van der Waals surface area (Å²) in [5, 5.41) is 14.0. The molecule has 3 aromatic heterocycles. The van der Waals surface area contributed by atoms with Gasteiger partial charge in [-0.2, -0.15) is 5.26 Å². The number of hydrogen-bond donors (Lipinski definition) is 1. The van der Waals surface area contributed by atoms with Crippen LogP contribution < -0.4 is 15.0 Å². The number of piperazine rings is 1. The predicted octanol–water partition coefficient (Wildman–Crippen LogP) is 7.61. The number of anilines is 3. The summed E-state index contributed by atoms with van der Waals surface area (Å²) in [4.78, 5) is 14.9. The smallest absolute Gasteiger partial charge is 0.139 e. The molecule has 2 aromatic carbocycles. The Balaban J connectivity index is 1.20. The van der Waals surface area contributed by atoms with Crippen LogP contribution in [-0.2, 0) is 6.54 Å². The fraction of sp³-hybridized carbons (Fsp3) is 0.194. The van der Waals surface area contributed by atoms with Gasteiger partial charge in [0.15, 0.2) is 0 Å². The Morgan fingerprint density at radius 2 is 1.80 bits per heavy atom. The Labute approximate surface area is 252 Å². The SMILES string of the molecule is COc1cc(Nc2c(C#N)cnc3cc(-c4ccc(CN5CCN(c6ccccn6)CC5)cc4)sc23)c(Cl)cc1Cl. The van der Waals surface area contributed by atoms with E-state index in [0.29, 0.717) is 32.7 Å². The van der Waals surface area contributed by atoms with E-state index in [0.717, 1.165) is 59.2 Å². The largest absolute Gasteiger partial charge is 0.495 e. The molecule has 0 atom stereocenters. The number of hydrogen-bond acceptors (Lipinski definition) is 8. The summed E-state index contributed by atoms with van der Waals surface area (Å²) in [6.45, 7) is 4.86. The maximum absolute atomic E-state index is 9.82. The van der Waals surface area contributed by atoms with Gasteiger partial charge < -0.3 is 15.0 Å². The van der Waals surface area contributed by atoms with Crippen LogP contribution in [0.4, 0.5) is 17.2 Å². The average molecular weight is 602 g/mol. The van der Waals surface area contributed by atoms with E-state index >= 15 is 0 Å². The summed E-state index contributed by atoms with van der Waals surface area (Å²) in [6.07, 6.45) is 3.43. The zero-order chi connectivity index (χ0) is 28.3. The van der Waals surface area contributed by atoms with Gasteiger partial charge in [0.2, 0.25) is 0 Å². The zero-order valence-electron chi connectivity index (χ0n) is 22.3. The quantitative estimate of drug-likeness (QED) is 0.206. The molecule has 1 fully saturated rings. The maximum atomic E-state index is 9.82. The number of ether oxygens (including phenoxy) is 1. The number of thiophene rings is 1. The van der Waals surface area contributed by atoms with Crippen molar-refractivity contribution in [3.8, 4) is 22.3 Å². The molecule has 4 heterocycles. The van der Waals surface area contributed by atoms with Crippen molar-refractivity contribution in [2.75, 3.05) is 43.5 Å². The van der Waals surface area contributed by atoms with E-state index < -0.39 is 0 Å². The highest BCUT2D eigenvalue weighted by Gasteiger charge is 2.19. The first-order valence-corrected chi connectivity index (χ1v) is 14.7. The first-order chi connectivity index (χ1) is 20.0. The van der Waals surface area contributed by atoms with E-state index in [1.54, 1.807) is 36.8 Å². The minimum Gasteiger partial charge on any atom is -0.495 e. The lowest BCUT2D eigenvalue weighted by molar-refractivity contribution is 0.249. The van der Waals surface area contributed by atoms with Crippen molar-refractivity contribution >= 4 is 61.9 Å². The van der Waals surface area contributed by atoms with Crippen LogP contribution in [0.15, 0.2) is 73.1 Å². The molecule has 1 saturated heterocycles. The lowest BCUT2D eigenvalue weighted by atomic mass is 10.1. The lowest BCUT2D eigenvalue weighted by Gasteiger charge is -2.35. The standard InChI is InChI=1S/C31H26Cl2N6OS/c1-40-27-15-25(23(32)14-24(27)33)37-30-22(17-34)18-36-26-16-28(41-31(26)30)21-7-5-20(6-8-21)19-38-10-12-39(13-11-38)29-4-2-3-9-35-29/h2-9,14-16,18H,10-13,19H2,1H3,(H,36,37). The molecule has 0 spiro atoms. The number of rotatable bonds is 7. The normalized spacial score (nSPS) is 13.8. The number of methoxy groups -OCH3 is 1. The first kappa shape index (κ1) is 27.3. The Hall–Kier alpha value is -3.87. The Morgan fingerprint density at radius 3 is 2.51 bits per heavy atom. The third-order valence-corrected chi connectivity index (χ3v) is 8.95. The van der Waals surface area contributed by atoms with Crippen LogP contribution in [-0.4, -0.2) is 48.2 Å². The topological polar surface area (TPSA) is 77.3 Å². The molecule has 0 radical (unpaired) electrons. The Kier molecular flexibility index (Phi) is 7.95. The number of pyridine rings is 2. The van der Waals surface area contributed by atoms with E-state index in [2.05, 4.69) is 67.6 Å². The maximum Gasteiger partial charge on any atom is 0.139 e. The summed E-state index contributed by atoms with van der Waals surface area (Å²) in [5.74, 6) is 1.54. The molecule has 6 rings (SSSR count). The van der Waals surface area contributed by atoms with Gasteiger partial charge in [-0.1, -0.05) is 53.5 Å². The minimum absolute atomic E-state index is 0.414. The van der Waals surface area contributed by atoms with Gasteiger partial charge in [-0.05, 0) is 35.4 Å². The number of nitriles is 1. The molecular weight excluding hydrogens is 575 g/mol. The summed E-state index contributed by atoms with van der Waals surface area (Å²) in [6, 6.07) is 22.4. The molecule has 0 saturated carbocycles. The molecule has 0 aliphatic carbocycles. The van der Waals surface area contributed by atoms with Crippen molar-refractivity contribution in [3.63, 3.8) is 0 Å². The molecule has 0 bridgehead atoms. The number of nitrogens with one attached hydrogen (secondary N) is 1. The monoisotopic (exact) mass is 600 g/mol. The van der Waals surface area contributed by atoms with Crippen LogP contribution in [0.25, 0.3) is 20.7 Å². The molecule has 10 heteroatoms. The van der Waals surface area contributed by atoms with Gasteiger partial charge >= 0.3 is 0 Å². The van der Waals surface area contributed by atoms with Crippen molar-refractivity contribution in [1.29, 1.82) is 5.26 Å². The molecule has 1 aliphatic heterocycles. The van der Waals surface area contributed by atoms with E-state index in [1.807, 2.05) is 18.3 Å². The summed E-state index contributed by atoms with van der Waals surface area (Å²) in [7, 11) is 1.55. The number of fused-ring (bicyclic) bond motifs is 1. The van der Waals surface area contributed by atoms with Gasteiger partial charge in [-0.15, -0.1) is 11.3 Å². The van der Waals surface area contributed by atoms with Gasteiger partial charge in [0.05, 0.1) is 44.3 Å². The van der Waals surface area contributed by atoms with Crippen molar-refractivity contribution in [3.05, 3.63) is 94.2 Å². The van der Waals surface area contributed by atoms with E-state index in [9.17, 15) is 5.26 Å². The third-order valence-electron chi connectivity index (χ3n) is 7.15. The number of benzene rings is 2. The molecule has 5 aromatic rings. The highest BCUT2D eigenvalue weighted by molar-refractivity contribution is 7.22. The van der Waals surface area contributed by atoms with Gasteiger partial charge in [-0.25, -0.2) is 4.98 Å². The molecular formula is C31H26Cl2N6OS. The van der Waals surface area contributed by atoms with Crippen LogP contribution in [0.1, 0.15) is 11.1 Å². The zero-order valence-corrected chi connectivity index (χ0v) is 24.6. The number of aromatic nitrogens is 2. The van der Waals surface area contributed by atoms with Crippen LogP contribution in [0.3, 0.4) is 0 Å². The van der Waals surface area contributed by atoms with Crippen molar-refractivity contribution < 1.29 is 4.74 Å². The fourth-order valence-corrected chi connectivity index (χ4v) is 6.58. The molecule has 1 N–H and O–H groups in total. The second-order valence-electron chi connectivity index (χ2n) is 9.72. The molecule has 206 valence electrons. The Morgan fingerprint density at radius 1 is 1.00 bits per heavy atom. The lowest BCUT2D eigenvalue weighted by Crippen LogP contribution is -2.46. The van der Waals surface area contributed by atoms with Crippen LogP contribution in [0.2, 0.25) is 10.0 Å². The summed E-state index contributed by atoms with van der Waals surface area (Å²) < 4.78 is 6.23. The average Bonchev–Trinajstić information content (AvgIpc) is 3.45. The number of halogens is 2. The van der Waals surface area contributed by atoms with Crippen molar-refractivity contribution in [1.82, 2.24) is 14.9 Å². The van der Waals surface area contributed by atoms with E-state index in [1.165, 1.54) is 5.56 Å². The van der Waals surface area contributed by atoms with Crippen molar-refractivity contribution in [2.45, 2.75) is 6.54 Å². The van der Waals surface area contributed by atoms with Crippen LogP contribution >= 0.6 is 34.5 Å². The van der Waals surface area contributed by atoms with E-state index in [4.69, 9.17) is 27.9 Å². The molecule has 0 unspecified atom stereocenters. The highest BCUT2D eigenvalue weighted by atomic mass is 35.5. The van der Waals surface area contributed by atoms with Gasteiger partial charge in [0, 0.05) is 56.1 Å². The minimum atomic E-state index is 0.414. The van der Waals surface area contributed by atoms with Crippen LogP contribution in [0, 0.1) is 11.3 Å². The Bertz CT molecular complexity index is 1730. The third kappa shape index (κ3) is 5.81. The molecule has 7 nitrogen and oxygen atoms in total. The first-order valence-electron chi connectivity index (χ1n) is 13.1. The predicted molar refractivity (Wildman–Crippen MR) is 168 cm³/mol. The summed E-state index contributed by atoms with van der Waals surface area (Å²) >= 11 is 14.3. The second kappa shape index (κ2) is 11.9.